The molecule has 3 heterocycles. The second kappa shape index (κ2) is 6.61. The molecule has 27 heavy (non-hydrogen) atoms. The van der Waals surface area contributed by atoms with Gasteiger partial charge in [-0.1, -0.05) is 25.1 Å². The number of fused-ring (bicyclic) bond motifs is 1. The summed E-state index contributed by atoms with van der Waals surface area (Å²) in [4.78, 5) is 13.9. The molecule has 1 fully saturated rings. The van der Waals surface area contributed by atoms with E-state index < -0.39 is 0 Å². The van der Waals surface area contributed by atoms with Crippen LogP contribution in [0.1, 0.15) is 43.2 Å². The molecule has 5 rings (SSSR count). The number of hydrogen-bond acceptors (Lipinski definition) is 4. The molecule has 1 aromatic carbocycles. The number of aromatic nitrogens is 6. The van der Waals surface area contributed by atoms with Crippen molar-refractivity contribution in [1.82, 2.24) is 29.3 Å². The Morgan fingerprint density at radius 3 is 2.78 bits per heavy atom. The van der Waals surface area contributed by atoms with Crippen LogP contribution in [0.25, 0.3) is 16.6 Å². The van der Waals surface area contributed by atoms with Crippen molar-refractivity contribution in [2.75, 3.05) is 0 Å². The minimum atomic E-state index is 0.521. The van der Waals surface area contributed by atoms with Gasteiger partial charge in [0, 0.05) is 49.3 Å². The number of hydrogen-bond donors (Lipinski definition) is 0. The number of pyridine rings is 1. The lowest BCUT2D eigenvalue weighted by atomic mass is 10.2. The lowest BCUT2D eigenvalue weighted by Crippen LogP contribution is -2.10. The first kappa shape index (κ1) is 16.2. The van der Waals surface area contributed by atoms with Gasteiger partial charge in [0.2, 0.25) is 0 Å². The Hall–Kier alpha value is -3.02. The lowest BCUT2D eigenvalue weighted by Gasteiger charge is -2.10. The Morgan fingerprint density at radius 1 is 1.04 bits per heavy atom. The second-order valence-corrected chi connectivity index (χ2v) is 7.06. The molecule has 6 nitrogen and oxygen atoms in total. The van der Waals surface area contributed by atoms with Crippen LogP contribution < -0.4 is 0 Å². The van der Waals surface area contributed by atoms with E-state index in [2.05, 4.69) is 45.7 Å². The molecule has 1 aliphatic rings. The molecule has 1 saturated carbocycles. The van der Waals surface area contributed by atoms with Crippen molar-refractivity contribution in [1.29, 1.82) is 0 Å². The highest BCUT2D eigenvalue weighted by atomic mass is 15.4. The number of benzene rings is 1. The summed E-state index contributed by atoms with van der Waals surface area (Å²) in [5.74, 6) is 3.59. The van der Waals surface area contributed by atoms with Crippen LogP contribution in [0.4, 0.5) is 0 Å². The fraction of sp³-hybridized carbons (Fsp3) is 0.333. The SMILES string of the molecule is CCc1nccn1CCc1nc(C2CC2)nn1-c1cccc2cccnc12. The summed E-state index contributed by atoms with van der Waals surface area (Å²) in [6.45, 7) is 2.98. The van der Waals surface area contributed by atoms with Gasteiger partial charge in [0.15, 0.2) is 5.82 Å². The minimum Gasteiger partial charge on any atom is -0.334 e. The Labute approximate surface area is 157 Å². The maximum Gasteiger partial charge on any atom is 0.154 e. The molecule has 3 aromatic heterocycles. The van der Waals surface area contributed by atoms with E-state index in [1.54, 1.807) is 0 Å². The summed E-state index contributed by atoms with van der Waals surface area (Å²) < 4.78 is 4.21. The monoisotopic (exact) mass is 358 g/mol. The molecule has 6 heteroatoms. The summed E-state index contributed by atoms with van der Waals surface area (Å²) in [6, 6.07) is 10.3. The van der Waals surface area contributed by atoms with Crippen LogP contribution in [0.2, 0.25) is 0 Å². The van der Waals surface area contributed by atoms with Crippen LogP contribution in [0.15, 0.2) is 48.9 Å². The van der Waals surface area contributed by atoms with Gasteiger partial charge >= 0.3 is 0 Å². The van der Waals surface area contributed by atoms with Crippen LogP contribution in [-0.4, -0.2) is 29.3 Å². The number of rotatable bonds is 6. The van der Waals surface area contributed by atoms with E-state index in [0.29, 0.717) is 5.92 Å². The topological polar surface area (TPSA) is 61.4 Å². The van der Waals surface area contributed by atoms with Gasteiger partial charge in [-0.15, -0.1) is 0 Å². The molecule has 136 valence electrons. The number of para-hydroxylation sites is 1. The van der Waals surface area contributed by atoms with Crippen LogP contribution in [0.5, 0.6) is 0 Å². The largest absolute Gasteiger partial charge is 0.334 e. The zero-order valence-corrected chi connectivity index (χ0v) is 15.4. The fourth-order valence-corrected chi connectivity index (χ4v) is 3.57. The summed E-state index contributed by atoms with van der Waals surface area (Å²) in [5, 5.41) is 5.99. The molecular formula is C21H22N6. The van der Waals surface area contributed by atoms with Crippen LogP contribution in [-0.2, 0) is 19.4 Å². The molecule has 0 radical (unpaired) electrons. The molecule has 0 aliphatic heterocycles. The summed E-state index contributed by atoms with van der Waals surface area (Å²) in [6.07, 6.45) is 9.88. The third-order valence-electron chi connectivity index (χ3n) is 5.17. The van der Waals surface area contributed by atoms with E-state index in [4.69, 9.17) is 10.1 Å². The molecule has 0 saturated heterocycles. The number of imidazole rings is 1. The van der Waals surface area contributed by atoms with E-state index >= 15 is 0 Å². The zero-order valence-electron chi connectivity index (χ0n) is 15.4. The van der Waals surface area contributed by atoms with Gasteiger partial charge in [0.1, 0.15) is 11.6 Å². The van der Waals surface area contributed by atoms with Gasteiger partial charge < -0.3 is 4.57 Å². The van der Waals surface area contributed by atoms with Gasteiger partial charge in [-0.2, -0.15) is 5.10 Å². The molecule has 4 aromatic rings. The van der Waals surface area contributed by atoms with Crippen molar-refractivity contribution in [3.05, 3.63) is 66.4 Å². The third kappa shape index (κ3) is 3.01. The van der Waals surface area contributed by atoms with Crippen molar-refractivity contribution in [3.8, 4) is 5.69 Å². The van der Waals surface area contributed by atoms with E-state index in [0.717, 1.165) is 53.4 Å². The Kier molecular flexibility index (Phi) is 3.96. The highest BCUT2D eigenvalue weighted by Crippen LogP contribution is 2.38. The van der Waals surface area contributed by atoms with Gasteiger partial charge in [0.05, 0.1) is 11.2 Å². The first-order valence-corrected chi connectivity index (χ1v) is 9.63. The van der Waals surface area contributed by atoms with E-state index in [1.807, 2.05) is 29.3 Å². The Bertz CT molecular complexity index is 1080. The molecule has 0 N–H and O–H groups in total. The van der Waals surface area contributed by atoms with Crippen LogP contribution in [0.3, 0.4) is 0 Å². The fourth-order valence-electron chi connectivity index (χ4n) is 3.57. The molecule has 0 spiro atoms. The van der Waals surface area contributed by atoms with Crippen LogP contribution >= 0.6 is 0 Å². The summed E-state index contributed by atoms with van der Waals surface area (Å²) in [5.41, 5.74) is 1.97. The molecule has 1 aliphatic carbocycles. The van der Waals surface area contributed by atoms with E-state index in [9.17, 15) is 0 Å². The third-order valence-corrected chi connectivity index (χ3v) is 5.17. The smallest absolute Gasteiger partial charge is 0.154 e. The highest BCUT2D eigenvalue weighted by Gasteiger charge is 2.29. The van der Waals surface area contributed by atoms with E-state index in [-0.39, 0.29) is 0 Å². The standard InChI is InChI=1S/C21H22N6/c1-2-18-22-12-14-26(18)13-10-19-24-21(16-8-9-16)25-27(19)17-7-3-5-15-6-4-11-23-20(15)17/h3-7,11-12,14,16H,2,8-10,13H2,1H3. The lowest BCUT2D eigenvalue weighted by molar-refractivity contribution is 0.626. The first-order valence-electron chi connectivity index (χ1n) is 9.63. The summed E-state index contributed by atoms with van der Waals surface area (Å²) >= 11 is 0. The Morgan fingerprint density at radius 2 is 1.93 bits per heavy atom. The molecule has 0 amide bonds. The molecule has 0 bridgehead atoms. The van der Waals surface area contributed by atoms with Crippen molar-refractivity contribution < 1.29 is 0 Å². The normalized spacial score (nSPS) is 14.1. The van der Waals surface area contributed by atoms with Gasteiger partial charge in [-0.3, -0.25) is 4.98 Å². The predicted molar refractivity (Wildman–Crippen MR) is 104 cm³/mol. The maximum absolute atomic E-state index is 4.90. The average Bonchev–Trinajstić information content (AvgIpc) is 3.31. The number of nitrogens with zero attached hydrogens (tertiary/aromatic N) is 6. The predicted octanol–water partition coefficient (Wildman–Crippen LogP) is 3.69. The van der Waals surface area contributed by atoms with Gasteiger partial charge in [-0.25, -0.2) is 14.6 Å². The van der Waals surface area contributed by atoms with Crippen molar-refractivity contribution in [2.45, 2.75) is 45.1 Å². The zero-order chi connectivity index (χ0) is 18.2. The van der Waals surface area contributed by atoms with Crippen molar-refractivity contribution >= 4 is 10.9 Å². The quantitative estimate of drug-likeness (QED) is 0.527. The Balaban J connectivity index is 1.55. The molecule has 0 unspecified atom stereocenters. The summed E-state index contributed by atoms with van der Waals surface area (Å²) in [7, 11) is 0. The van der Waals surface area contributed by atoms with Crippen molar-refractivity contribution in [3.63, 3.8) is 0 Å². The average molecular weight is 358 g/mol. The molecular weight excluding hydrogens is 336 g/mol. The number of aryl methyl sites for hydroxylation is 3. The van der Waals surface area contributed by atoms with Gasteiger partial charge in [-0.05, 0) is 25.0 Å². The van der Waals surface area contributed by atoms with Gasteiger partial charge in [0.25, 0.3) is 0 Å². The maximum atomic E-state index is 4.90. The van der Waals surface area contributed by atoms with E-state index in [1.165, 1.54) is 12.8 Å². The van der Waals surface area contributed by atoms with Crippen LogP contribution in [0, 0.1) is 0 Å². The second-order valence-electron chi connectivity index (χ2n) is 7.06. The highest BCUT2D eigenvalue weighted by molar-refractivity contribution is 5.86. The minimum absolute atomic E-state index is 0.521. The molecule has 0 atom stereocenters. The first-order chi connectivity index (χ1) is 13.3. The van der Waals surface area contributed by atoms with Crippen molar-refractivity contribution in [2.24, 2.45) is 0 Å².